The van der Waals surface area contributed by atoms with Crippen LogP contribution in [0.15, 0.2) is 27.8 Å². The summed E-state index contributed by atoms with van der Waals surface area (Å²) in [5.41, 5.74) is 0.692. The Bertz CT molecular complexity index is 701. The highest BCUT2D eigenvalue weighted by Crippen LogP contribution is 2.30. The number of hydrogen-bond acceptors (Lipinski definition) is 6. The van der Waals surface area contributed by atoms with Crippen LogP contribution in [-0.4, -0.2) is 21.0 Å². The average Bonchev–Trinajstić information content (AvgIpc) is 2.98. The van der Waals surface area contributed by atoms with Gasteiger partial charge in [-0.2, -0.15) is 0 Å². The molecule has 2 aromatic heterocycles. The summed E-state index contributed by atoms with van der Waals surface area (Å²) in [7, 11) is -3.58. The molecule has 0 unspecified atom stereocenters. The first-order chi connectivity index (χ1) is 9.44. The fourth-order valence-corrected chi connectivity index (χ4v) is 4.77. The van der Waals surface area contributed by atoms with Crippen molar-refractivity contribution >= 4 is 43.7 Å². The number of carbonyl (C=O) groups excluding carboxylic acids is 1. The van der Waals surface area contributed by atoms with Gasteiger partial charge in [0.15, 0.2) is 0 Å². The molecule has 0 atom stereocenters. The zero-order valence-electron chi connectivity index (χ0n) is 10.9. The van der Waals surface area contributed by atoms with E-state index in [1.807, 2.05) is 0 Å². The summed E-state index contributed by atoms with van der Waals surface area (Å²) in [6.45, 7) is 3.75. The van der Waals surface area contributed by atoms with Crippen molar-refractivity contribution < 1.29 is 17.9 Å². The van der Waals surface area contributed by atoms with Crippen molar-refractivity contribution in [3.05, 3.63) is 34.0 Å². The molecule has 2 rings (SSSR count). The number of rotatable bonds is 5. The SMILES string of the molecule is CCOC(=O)c1sc(NS(=O)(=O)c2cccs2)cc1C. The van der Waals surface area contributed by atoms with Crippen molar-refractivity contribution in [3.63, 3.8) is 0 Å². The molecule has 0 saturated heterocycles. The highest BCUT2D eigenvalue weighted by Gasteiger charge is 2.20. The van der Waals surface area contributed by atoms with E-state index in [0.717, 1.165) is 22.7 Å². The van der Waals surface area contributed by atoms with Crippen LogP contribution in [0.3, 0.4) is 0 Å². The zero-order valence-corrected chi connectivity index (χ0v) is 13.3. The Balaban J connectivity index is 2.23. The molecule has 8 heteroatoms. The highest BCUT2D eigenvalue weighted by molar-refractivity contribution is 7.94. The third-order valence-corrected chi connectivity index (χ3v) is 6.40. The quantitative estimate of drug-likeness (QED) is 0.855. The Labute approximate surface area is 125 Å². The van der Waals surface area contributed by atoms with Crippen LogP contribution >= 0.6 is 22.7 Å². The minimum absolute atomic E-state index is 0.237. The number of esters is 1. The van der Waals surface area contributed by atoms with E-state index in [9.17, 15) is 13.2 Å². The molecule has 0 radical (unpaired) electrons. The number of aryl methyl sites for hydroxylation is 1. The molecule has 0 spiro atoms. The van der Waals surface area contributed by atoms with Gasteiger partial charge in [0.1, 0.15) is 14.1 Å². The normalized spacial score (nSPS) is 11.3. The maximum atomic E-state index is 12.1. The minimum Gasteiger partial charge on any atom is -0.462 e. The lowest BCUT2D eigenvalue weighted by Crippen LogP contribution is -2.10. The summed E-state index contributed by atoms with van der Waals surface area (Å²) in [6, 6.07) is 4.82. The third-order valence-electron chi connectivity index (χ3n) is 2.37. The summed E-state index contributed by atoms with van der Waals surface area (Å²) in [5, 5.41) is 2.09. The number of hydrogen-bond donors (Lipinski definition) is 1. The summed E-state index contributed by atoms with van der Waals surface area (Å²) >= 11 is 2.21. The largest absolute Gasteiger partial charge is 0.462 e. The molecule has 0 saturated carbocycles. The van der Waals surface area contributed by atoms with Crippen molar-refractivity contribution in [2.75, 3.05) is 11.3 Å². The van der Waals surface area contributed by atoms with Crippen molar-refractivity contribution in [1.29, 1.82) is 0 Å². The van der Waals surface area contributed by atoms with Crippen molar-refractivity contribution in [1.82, 2.24) is 0 Å². The van der Waals surface area contributed by atoms with E-state index < -0.39 is 16.0 Å². The second kappa shape index (κ2) is 5.94. The number of nitrogens with one attached hydrogen (secondary N) is 1. The van der Waals surface area contributed by atoms with Gasteiger partial charge in [0.05, 0.1) is 6.61 Å². The number of anilines is 1. The molecule has 108 valence electrons. The fourth-order valence-electron chi connectivity index (χ4n) is 1.53. The van der Waals surface area contributed by atoms with Gasteiger partial charge < -0.3 is 4.74 Å². The van der Waals surface area contributed by atoms with Gasteiger partial charge in [-0.15, -0.1) is 22.7 Å². The molecule has 5 nitrogen and oxygen atoms in total. The van der Waals surface area contributed by atoms with Crippen LogP contribution in [-0.2, 0) is 14.8 Å². The van der Waals surface area contributed by atoms with Crippen LogP contribution in [0.5, 0.6) is 0 Å². The van der Waals surface area contributed by atoms with Gasteiger partial charge in [0.2, 0.25) is 0 Å². The van der Waals surface area contributed by atoms with E-state index >= 15 is 0 Å². The minimum atomic E-state index is -3.58. The Morgan fingerprint density at radius 2 is 2.20 bits per heavy atom. The molecule has 2 heterocycles. The lowest BCUT2D eigenvalue weighted by Gasteiger charge is -2.02. The van der Waals surface area contributed by atoms with Crippen LogP contribution in [0, 0.1) is 6.92 Å². The maximum absolute atomic E-state index is 12.1. The zero-order chi connectivity index (χ0) is 14.8. The summed E-state index contributed by atoms with van der Waals surface area (Å²) in [4.78, 5) is 12.1. The first-order valence-electron chi connectivity index (χ1n) is 5.78. The first-order valence-corrected chi connectivity index (χ1v) is 8.96. The molecule has 20 heavy (non-hydrogen) atoms. The number of carbonyl (C=O) groups is 1. The lowest BCUT2D eigenvalue weighted by molar-refractivity contribution is 0.0531. The summed E-state index contributed by atoms with van der Waals surface area (Å²) in [5.74, 6) is -0.434. The molecule has 0 aliphatic carbocycles. The first kappa shape index (κ1) is 15.0. The van der Waals surface area contributed by atoms with E-state index in [4.69, 9.17) is 4.74 Å². The molecule has 0 aliphatic heterocycles. The van der Waals surface area contributed by atoms with E-state index in [1.165, 1.54) is 6.07 Å². The Kier molecular flexibility index (Phi) is 4.46. The fraction of sp³-hybridized carbons (Fsp3) is 0.250. The van der Waals surface area contributed by atoms with Gasteiger partial charge in [-0.3, -0.25) is 4.72 Å². The Hall–Kier alpha value is -1.38. The number of thiophene rings is 2. The van der Waals surface area contributed by atoms with Gasteiger partial charge >= 0.3 is 5.97 Å². The van der Waals surface area contributed by atoms with E-state index in [0.29, 0.717) is 15.4 Å². The summed E-state index contributed by atoms with van der Waals surface area (Å²) in [6.07, 6.45) is 0. The maximum Gasteiger partial charge on any atom is 0.348 e. The van der Waals surface area contributed by atoms with Crippen LogP contribution in [0.2, 0.25) is 0 Å². The van der Waals surface area contributed by atoms with Crippen molar-refractivity contribution in [2.24, 2.45) is 0 Å². The molecule has 1 N–H and O–H groups in total. The average molecular weight is 331 g/mol. The standard InChI is InChI=1S/C12H13NO4S3/c1-3-17-12(14)11-8(2)7-9(19-11)13-20(15,16)10-5-4-6-18-10/h4-7,13H,3H2,1-2H3. The van der Waals surface area contributed by atoms with E-state index in [-0.39, 0.29) is 10.8 Å². The monoisotopic (exact) mass is 331 g/mol. The Morgan fingerprint density at radius 3 is 2.80 bits per heavy atom. The molecule has 0 aliphatic rings. The highest BCUT2D eigenvalue weighted by atomic mass is 32.2. The molecular formula is C12H13NO4S3. The second-order valence-corrected chi connectivity index (χ2v) is 7.79. The second-order valence-electron chi connectivity index (χ2n) is 3.88. The predicted octanol–water partition coefficient (Wildman–Crippen LogP) is 3.10. The Morgan fingerprint density at radius 1 is 1.45 bits per heavy atom. The van der Waals surface area contributed by atoms with E-state index in [1.54, 1.807) is 31.4 Å². The molecule has 0 amide bonds. The van der Waals surface area contributed by atoms with E-state index in [2.05, 4.69) is 4.72 Å². The molecule has 2 aromatic rings. The van der Waals surface area contributed by atoms with Gasteiger partial charge in [-0.25, -0.2) is 13.2 Å². The van der Waals surface area contributed by atoms with Crippen LogP contribution in [0.25, 0.3) is 0 Å². The van der Waals surface area contributed by atoms with Gasteiger partial charge in [0.25, 0.3) is 10.0 Å². The van der Waals surface area contributed by atoms with Gasteiger partial charge in [-0.1, -0.05) is 6.07 Å². The smallest absolute Gasteiger partial charge is 0.348 e. The lowest BCUT2D eigenvalue weighted by atomic mass is 10.3. The molecule has 0 aromatic carbocycles. The molecule has 0 bridgehead atoms. The number of ether oxygens (including phenoxy) is 1. The van der Waals surface area contributed by atoms with Crippen LogP contribution < -0.4 is 4.72 Å². The van der Waals surface area contributed by atoms with Crippen LogP contribution in [0.4, 0.5) is 5.00 Å². The third kappa shape index (κ3) is 3.20. The molecular weight excluding hydrogens is 318 g/mol. The van der Waals surface area contributed by atoms with Crippen molar-refractivity contribution in [3.8, 4) is 0 Å². The summed E-state index contributed by atoms with van der Waals surface area (Å²) < 4.78 is 31.8. The predicted molar refractivity (Wildman–Crippen MR) is 80.1 cm³/mol. The topological polar surface area (TPSA) is 72.5 Å². The number of sulfonamides is 1. The van der Waals surface area contributed by atoms with Crippen LogP contribution in [0.1, 0.15) is 22.2 Å². The van der Waals surface area contributed by atoms with Crippen molar-refractivity contribution in [2.45, 2.75) is 18.1 Å². The van der Waals surface area contributed by atoms with Gasteiger partial charge in [0, 0.05) is 0 Å². The molecule has 0 fully saturated rings. The van der Waals surface area contributed by atoms with Gasteiger partial charge in [-0.05, 0) is 36.9 Å².